The average Bonchev–Trinajstić information content (AvgIpc) is 2.79. The second-order valence-electron chi connectivity index (χ2n) is 9.57. The van der Waals surface area contributed by atoms with Crippen molar-refractivity contribution in [2.45, 2.75) is 65.7 Å². The third kappa shape index (κ3) is 9.72. The van der Waals surface area contributed by atoms with Crippen LogP contribution in [0, 0.1) is 23.7 Å². The van der Waals surface area contributed by atoms with Crippen LogP contribution in [0.15, 0.2) is 0 Å². The fraction of sp³-hybridized carbons (Fsp3) is 0.833. The Morgan fingerprint density at radius 1 is 0.605 bits per heavy atom. The van der Waals surface area contributed by atoms with Gasteiger partial charge >= 0.3 is 29.1 Å². The Bertz CT molecular complexity index is 716. The summed E-state index contributed by atoms with van der Waals surface area (Å²) in [7, 11) is -4.75. The van der Waals surface area contributed by atoms with Gasteiger partial charge in [-0.2, -0.15) is 0 Å². The van der Waals surface area contributed by atoms with E-state index in [0.29, 0.717) is 51.4 Å². The number of hydrogen-bond acceptors (Lipinski definition) is 8. The number of carbonyl (C=O) groups excluding carboxylic acids is 2. The van der Waals surface area contributed by atoms with Crippen LogP contribution in [0.2, 0.25) is 25.2 Å². The molecule has 1 aliphatic carbocycles. The summed E-state index contributed by atoms with van der Waals surface area (Å²) in [5.74, 6) is -9.63. The molecule has 0 aromatic carbocycles. The van der Waals surface area contributed by atoms with E-state index in [9.17, 15) is 29.4 Å². The summed E-state index contributed by atoms with van der Waals surface area (Å²) < 4.78 is 23.1. The Morgan fingerprint density at radius 2 is 0.895 bits per heavy atom. The maximum Gasteiger partial charge on any atom is 0.334 e. The van der Waals surface area contributed by atoms with Crippen LogP contribution >= 0.6 is 0 Å². The molecule has 0 unspecified atom stereocenters. The first-order chi connectivity index (χ1) is 17.9. The number of rotatable bonds is 20. The Balaban J connectivity index is 2.75. The zero-order chi connectivity index (χ0) is 28.9. The van der Waals surface area contributed by atoms with Crippen molar-refractivity contribution in [3.05, 3.63) is 0 Å². The van der Waals surface area contributed by atoms with Crippen LogP contribution in [0.1, 0.15) is 40.5 Å². The molecule has 4 N–H and O–H groups in total. The highest BCUT2D eigenvalue weighted by molar-refractivity contribution is 6.66. The van der Waals surface area contributed by atoms with Gasteiger partial charge in [-0.15, -0.1) is 0 Å². The molecule has 1 rings (SSSR count). The quantitative estimate of drug-likeness (QED) is 0.124. The van der Waals surface area contributed by atoms with Crippen molar-refractivity contribution in [1.82, 2.24) is 10.6 Å². The zero-order valence-electron chi connectivity index (χ0n) is 23.5. The van der Waals surface area contributed by atoms with E-state index in [2.05, 4.69) is 10.6 Å². The Labute approximate surface area is 227 Å². The van der Waals surface area contributed by atoms with Gasteiger partial charge in [-0.25, -0.2) is 0 Å². The van der Waals surface area contributed by atoms with Gasteiger partial charge in [-0.3, -0.25) is 19.2 Å². The Morgan fingerprint density at radius 3 is 1.13 bits per heavy atom. The van der Waals surface area contributed by atoms with E-state index in [1.54, 1.807) is 0 Å². The molecule has 2 amide bonds. The number of carbonyl (C=O) groups is 4. The fourth-order valence-corrected chi connectivity index (χ4v) is 9.91. The molecule has 0 radical (unpaired) electrons. The van der Waals surface area contributed by atoms with Crippen molar-refractivity contribution in [3.8, 4) is 0 Å². The van der Waals surface area contributed by atoms with E-state index >= 15 is 0 Å². The van der Waals surface area contributed by atoms with Gasteiger partial charge in [0.1, 0.15) is 0 Å². The minimum atomic E-state index is -2.38. The Hall–Kier alpha value is -1.85. The summed E-state index contributed by atoms with van der Waals surface area (Å²) in [6.07, 6.45) is 1.07. The van der Waals surface area contributed by atoms with Crippen LogP contribution in [0.25, 0.3) is 0 Å². The van der Waals surface area contributed by atoms with Crippen molar-refractivity contribution in [3.63, 3.8) is 0 Å². The first-order valence-corrected chi connectivity index (χ1v) is 18.5. The maximum atomic E-state index is 12.8. The van der Waals surface area contributed by atoms with Crippen LogP contribution in [-0.4, -0.2) is 90.6 Å². The summed E-state index contributed by atoms with van der Waals surface area (Å²) in [4.78, 5) is 49.7. The molecule has 12 nitrogen and oxygen atoms in total. The van der Waals surface area contributed by atoms with Gasteiger partial charge in [0, 0.05) is 39.5 Å². The van der Waals surface area contributed by atoms with E-state index in [-0.39, 0.29) is 13.1 Å². The standard InChI is InChI=1S/C24H46N2O10Si2/c1-7-33-37(5,34-8-2)15-11-13-25-21(27)17-19(23(29)30)18(20(17)24(31)32)22(28)26-14-12-16-38(6,35-9-3)36-10-4/h17-20H,7-16H2,1-6H3,(H,25,27)(H,26,28)(H,29,30)(H,31,32). The number of aliphatic carboxylic acids is 2. The molecule has 0 aromatic rings. The number of amides is 2. The first-order valence-electron chi connectivity index (χ1n) is 13.5. The molecule has 0 spiro atoms. The second-order valence-corrected chi connectivity index (χ2v) is 16.3. The highest BCUT2D eigenvalue weighted by atomic mass is 28.4. The second kappa shape index (κ2) is 16.3. The fourth-order valence-electron chi connectivity index (χ4n) is 5.09. The van der Waals surface area contributed by atoms with Crippen LogP contribution < -0.4 is 10.6 Å². The van der Waals surface area contributed by atoms with Gasteiger partial charge in [-0.1, -0.05) is 0 Å². The molecule has 0 aromatic heterocycles. The van der Waals surface area contributed by atoms with Crippen LogP contribution in [-0.2, 0) is 36.9 Å². The predicted molar refractivity (Wildman–Crippen MR) is 144 cm³/mol. The van der Waals surface area contributed by atoms with E-state index < -0.39 is 64.5 Å². The molecular weight excluding hydrogens is 532 g/mol. The normalized spacial score (nSPS) is 21.4. The number of carboxylic acid groups (broad SMARTS) is 2. The van der Waals surface area contributed by atoms with Gasteiger partial charge in [0.05, 0.1) is 23.7 Å². The zero-order valence-corrected chi connectivity index (χ0v) is 25.5. The SMILES string of the molecule is CCO[Si](C)(CCCNC(=O)C1C(C(=O)O)C(C(=O)NCCC[Si](C)(OCC)OCC)C1C(=O)O)OCC. The minimum absolute atomic E-state index is 0.218. The molecule has 0 saturated heterocycles. The van der Waals surface area contributed by atoms with Crippen LogP contribution in [0.5, 0.6) is 0 Å². The van der Waals surface area contributed by atoms with E-state index in [1.165, 1.54) is 0 Å². The van der Waals surface area contributed by atoms with E-state index in [1.807, 2.05) is 40.8 Å². The van der Waals surface area contributed by atoms with Crippen LogP contribution in [0.3, 0.4) is 0 Å². The lowest BCUT2D eigenvalue weighted by atomic mass is 9.55. The molecule has 1 aliphatic rings. The highest BCUT2D eigenvalue weighted by Crippen LogP contribution is 2.47. The molecule has 0 heterocycles. The molecule has 0 atom stereocenters. The predicted octanol–water partition coefficient (Wildman–Crippen LogP) is 1.94. The van der Waals surface area contributed by atoms with Crippen molar-refractivity contribution in [1.29, 1.82) is 0 Å². The van der Waals surface area contributed by atoms with Gasteiger partial charge in [-0.05, 0) is 65.7 Å². The molecule has 0 bridgehead atoms. The van der Waals surface area contributed by atoms with Crippen molar-refractivity contribution in [2.24, 2.45) is 23.7 Å². The smallest absolute Gasteiger partial charge is 0.334 e. The first kappa shape index (κ1) is 34.2. The van der Waals surface area contributed by atoms with Gasteiger partial charge in [0.25, 0.3) is 0 Å². The van der Waals surface area contributed by atoms with Crippen molar-refractivity contribution in [2.75, 3.05) is 39.5 Å². The summed E-state index contributed by atoms with van der Waals surface area (Å²) in [5.41, 5.74) is 0. The molecule has 0 aliphatic heterocycles. The third-order valence-electron chi connectivity index (χ3n) is 6.74. The lowest BCUT2D eigenvalue weighted by molar-refractivity contribution is -0.181. The van der Waals surface area contributed by atoms with Crippen molar-refractivity contribution < 1.29 is 47.1 Å². The molecule has 1 saturated carbocycles. The molecule has 38 heavy (non-hydrogen) atoms. The largest absolute Gasteiger partial charge is 0.481 e. The molecule has 220 valence electrons. The summed E-state index contributed by atoms with van der Waals surface area (Å²) in [5, 5.41) is 24.8. The summed E-state index contributed by atoms with van der Waals surface area (Å²) in [6, 6.07) is 1.23. The highest BCUT2D eigenvalue weighted by Gasteiger charge is 2.63. The lowest BCUT2D eigenvalue weighted by Gasteiger charge is -2.45. The van der Waals surface area contributed by atoms with Crippen molar-refractivity contribution >= 4 is 40.9 Å². The van der Waals surface area contributed by atoms with Gasteiger partial charge in [0.2, 0.25) is 11.8 Å². The summed E-state index contributed by atoms with van der Waals surface area (Å²) in [6.45, 7) is 13.9. The van der Waals surface area contributed by atoms with Crippen LogP contribution in [0.4, 0.5) is 0 Å². The number of carboxylic acids is 2. The number of hydrogen-bond donors (Lipinski definition) is 4. The van der Waals surface area contributed by atoms with Gasteiger partial charge < -0.3 is 38.6 Å². The maximum absolute atomic E-state index is 12.8. The molecule has 1 fully saturated rings. The van der Waals surface area contributed by atoms with Gasteiger partial charge in [0.15, 0.2) is 0 Å². The molecule has 14 heteroatoms. The monoisotopic (exact) mass is 578 g/mol. The minimum Gasteiger partial charge on any atom is -0.481 e. The average molecular weight is 579 g/mol. The Kier molecular flexibility index (Phi) is 14.7. The number of nitrogens with one attached hydrogen (secondary N) is 2. The topological polar surface area (TPSA) is 170 Å². The van der Waals surface area contributed by atoms with E-state index in [4.69, 9.17) is 17.7 Å². The molecular formula is C24H46N2O10Si2. The van der Waals surface area contributed by atoms with E-state index in [0.717, 1.165) is 0 Å². The lowest BCUT2D eigenvalue weighted by Crippen LogP contribution is -2.63. The third-order valence-corrected chi connectivity index (χ3v) is 12.9. The summed E-state index contributed by atoms with van der Waals surface area (Å²) >= 11 is 0.